The van der Waals surface area contributed by atoms with Crippen LogP contribution in [0.3, 0.4) is 0 Å². The summed E-state index contributed by atoms with van der Waals surface area (Å²) in [5.41, 5.74) is 0.874. The lowest BCUT2D eigenvalue weighted by atomic mass is 10.1. The predicted octanol–water partition coefficient (Wildman–Crippen LogP) is 5.89. The average molecular weight is 498 g/mol. The fraction of sp³-hybridized carbons (Fsp3) is 0.417. The summed E-state index contributed by atoms with van der Waals surface area (Å²) in [5, 5.41) is 4.53. The van der Waals surface area contributed by atoms with Crippen LogP contribution in [-0.2, 0) is 16.1 Å². The third kappa shape index (κ3) is 6.77. The third-order valence-corrected chi connectivity index (χ3v) is 6.38. The first-order valence-corrected chi connectivity index (χ1v) is 11.9. The van der Waals surface area contributed by atoms with Gasteiger partial charge in [-0.3, -0.25) is 9.59 Å². The summed E-state index contributed by atoms with van der Waals surface area (Å²) in [7, 11) is 0. The summed E-state index contributed by atoms with van der Waals surface area (Å²) in [6.07, 6.45) is 4.67. The molecule has 1 N–H and O–H groups in total. The Morgan fingerprint density at radius 1 is 1.06 bits per heavy atom. The van der Waals surface area contributed by atoms with Crippen molar-refractivity contribution < 1.29 is 14.3 Å². The van der Waals surface area contributed by atoms with Crippen molar-refractivity contribution >= 4 is 46.6 Å². The van der Waals surface area contributed by atoms with Crippen LogP contribution < -0.4 is 10.1 Å². The zero-order valence-electron chi connectivity index (χ0n) is 18.0. The Kier molecular flexibility index (Phi) is 9.09. The first kappa shape index (κ1) is 24.7. The minimum atomic E-state index is -0.608. The zero-order chi connectivity index (χ0) is 23.1. The van der Waals surface area contributed by atoms with Crippen molar-refractivity contribution in [3.05, 3.63) is 63.1 Å². The minimum absolute atomic E-state index is 0.133. The number of amides is 2. The van der Waals surface area contributed by atoms with Crippen LogP contribution in [0.1, 0.15) is 44.6 Å². The van der Waals surface area contributed by atoms with Gasteiger partial charge in [-0.15, -0.1) is 0 Å². The molecule has 5 nitrogen and oxygen atoms in total. The van der Waals surface area contributed by atoms with E-state index in [-0.39, 0.29) is 31.0 Å². The molecule has 32 heavy (non-hydrogen) atoms. The van der Waals surface area contributed by atoms with Crippen LogP contribution in [0.4, 0.5) is 0 Å². The van der Waals surface area contributed by atoms with Gasteiger partial charge in [-0.25, -0.2) is 0 Å². The highest BCUT2D eigenvalue weighted by Crippen LogP contribution is 2.27. The monoisotopic (exact) mass is 496 g/mol. The molecule has 0 saturated heterocycles. The molecule has 172 valence electrons. The van der Waals surface area contributed by atoms with Gasteiger partial charge < -0.3 is 15.0 Å². The normalized spacial score (nSPS) is 14.8. The van der Waals surface area contributed by atoms with E-state index in [2.05, 4.69) is 5.32 Å². The summed E-state index contributed by atoms with van der Waals surface area (Å²) >= 11 is 18.1. The molecule has 1 saturated carbocycles. The molecule has 1 atom stereocenters. The molecule has 0 bridgehead atoms. The lowest BCUT2D eigenvalue weighted by Crippen LogP contribution is -2.52. The number of ether oxygens (including phenoxy) is 1. The first-order chi connectivity index (χ1) is 15.4. The van der Waals surface area contributed by atoms with E-state index >= 15 is 0 Å². The van der Waals surface area contributed by atoms with Gasteiger partial charge >= 0.3 is 0 Å². The third-order valence-electron chi connectivity index (χ3n) is 5.60. The summed E-state index contributed by atoms with van der Waals surface area (Å²) < 4.78 is 5.66. The Balaban J connectivity index is 1.76. The van der Waals surface area contributed by atoms with Crippen molar-refractivity contribution in [2.75, 3.05) is 6.61 Å². The van der Waals surface area contributed by atoms with E-state index in [1.54, 1.807) is 35.2 Å². The number of benzene rings is 2. The molecule has 1 fully saturated rings. The number of hydrogen-bond acceptors (Lipinski definition) is 3. The van der Waals surface area contributed by atoms with Crippen molar-refractivity contribution in [1.82, 2.24) is 10.2 Å². The molecule has 2 amide bonds. The Morgan fingerprint density at radius 2 is 1.72 bits per heavy atom. The highest BCUT2D eigenvalue weighted by molar-refractivity contribution is 6.35. The molecule has 0 aliphatic heterocycles. The van der Waals surface area contributed by atoms with Gasteiger partial charge in [-0.2, -0.15) is 0 Å². The number of nitrogens with zero attached hydrogens (tertiary/aromatic N) is 1. The first-order valence-electron chi connectivity index (χ1n) is 10.8. The van der Waals surface area contributed by atoms with Gasteiger partial charge in [0.1, 0.15) is 11.8 Å². The summed E-state index contributed by atoms with van der Waals surface area (Å²) in [6.45, 7) is 1.92. The smallest absolute Gasteiger partial charge is 0.261 e. The summed E-state index contributed by atoms with van der Waals surface area (Å²) in [5.74, 6) is -0.0788. The largest absolute Gasteiger partial charge is 0.482 e. The SMILES string of the molecule is CC[C@@H](C(=O)NC1CCCC1)N(Cc1ccc(Cl)cc1)C(=O)COc1ccc(Cl)cc1Cl. The van der Waals surface area contributed by atoms with Crippen LogP contribution in [0.2, 0.25) is 15.1 Å². The van der Waals surface area contributed by atoms with Gasteiger partial charge in [-0.1, -0.05) is 66.7 Å². The van der Waals surface area contributed by atoms with E-state index in [1.807, 2.05) is 19.1 Å². The quantitative estimate of drug-likeness (QED) is 0.470. The zero-order valence-corrected chi connectivity index (χ0v) is 20.2. The van der Waals surface area contributed by atoms with Crippen LogP contribution in [-0.4, -0.2) is 35.4 Å². The van der Waals surface area contributed by atoms with Gasteiger partial charge in [0.25, 0.3) is 5.91 Å². The molecular formula is C24H27Cl3N2O3. The standard InChI is InChI=1S/C24H27Cl3N2O3/c1-2-21(24(31)28-19-5-3-4-6-19)29(14-16-7-9-17(25)10-8-16)23(30)15-32-22-12-11-18(26)13-20(22)27/h7-13,19,21H,2-6,14-15H2,1H3,(H,28,31)/t21-/m0/s1. The Morgan fingerprint density at radius 3 is 2.34 bits per heavy atom. The predicted molar refractivity (Wildman–Crippen MR) is 128 cm³/mol. The van der Waals surface area contributed by atoms with E-state index in [0.29, 0.717) is 27.2 Å². The van der Waals surface area contributed by atoms with E-state index in [4.69, 9.17) is 39.5 Å². The fourth-order valence-corrected chi connectivity index (χ4v) is 4.48. The van der Waals surface area contributed by atoms with Crippen LogP contribution in [0.15, 0.2) is 42.5 Å². The van der Waals surface area contributed by atoms with E-state index in [1.165, 1.54) is 0 Å². The van der Waals surface area contributed by atoms with Gasteiger partial charge in [0.05, 0.1) is 5.02 Å². The molecule has 0 spiro atoms. The Bertz CT molecular complexity index is 931. The number of halogens is 3. The number of carbonyl (C=O) groups excluding carboxylic acids is 2. The maximum atomic E-state index is 13.2. The molecule has 2 aromatic carbocycles. The molecule has 0 aromatic heterocycles. The van der Waals surface area contributed by atoms with Gasteiger partial charge in [0.15, 0.2) is 6.61 Å². The molecule has 8 heteroatoms. The number of rotatable bonds is 9. The van der Waals surface area contributed by atoms with Gasteiger partial charge in [-0.05, 0) is 55.2 Å². The number of carbonyl (C=O) groups is 2. The molecule has 1 aliphatic carbocycles. The van der Waals surface area contributed by atoms with Crippen LogP contribution in [0, 0.1) is 0 Å². The Hall–Kier alpha value is -1.95. The Labute approximate surface area is 204 Å². The highest BCUT2D eigenvalue weighted by atomic mass is 35.5. The molecule has 0 unspecified atom stereocenters. The second kappa shape index (κ2) is 11.8. The van der Waals surface area contributed by atoms with Crippen molar-refractivity contribution in [3.63, 3.8) is 0 Å². The van der Waals surface area contributed by atoms with Gasteiger partial charge in [0, 0.05) is 22.6 Å². The summed E-state index contributed by atoms with van der Waals surface area (Å²) in [6, 6.07) is 11.6. The van der Waals surface area contributed by atoms with Gasteiger partial charge in [0.2, 0.25) is 5.91 Å². The van der Waals surface area contributed by atoms with Crippen LogP contribution in [0.25, 0.3) is 0 Å². The maximum absolute atomic E-state index is 13.2. The van der Waals surface area contributed by atoms with E-state index < -0.39 is 6.04 Å². The minimum Gasteiger partial charge on any atom is -0.482 e. The number of hydrogen-bond donors (Lipinski definition) is 1. The highest BCUT2D eigenvalue weighted by Gasteiger charge is 2.31. The second-order valence-electron chi connectivity index (χ2n) is 7.93. The number of nitrogens with one attached hydrogen (secondary N) is 1. The van der Waals surface area contributed by atoms with Crippen LogP contribution >= 0.6 is 34.8 Å². The fourth-order valence-electron chi connectivity index (χ4n) is 3.89. The molecular weight excluding hydrogens is 471 g/mol. The van der Waals surface area contributed by atoms with Crippen molar-refractivity contribution in [2.24, 2.45) is 0 Å². The van der Waals surface area contributed by atoms with Crippen molar-refractivity contribution in [3.8, 4) is 5.75 Å². The average Bonchev–Trinajstić information content (AvgIpc) is 3.27. The second-order valence-corrected chi connectivity index (χ2v) is 9.21. The topological polar surface area (TPSA) is 58.6 Å². The van der Waals surface area contributed by atoms with Crippen molar-refractivity contribution in [2.45, 2.75) is 57.7 Å². The molecule has 1 aliphatic rings. The van der Waals surface area contributed by atoms with E-state index in [0.717, 1.165) is 31.2 Å². The van der Waals surface area contributed by atoms with Crippen LogP contribution in [0.5, 0.6) is 5.75 Å². The summed E-state index contributed by atoms with van der Waals surface area (Å²) in [4.78, 5) is 27.9. The van der Waals surface area contributed by atoms with E-state index in [9.17, 15) is 9.59 Å². The molecule has 3 rings (SSSR count). The molecule has 0 radical (unpaired) electrons. The molecule has 2 aromatic rings. The lowest BCUT2D eigenvalue weighted by Gasteiger charge is -2.31. The lowest BCUT2D eigenvalue weighted by molar-refractivity contribution is -0.143. The molecule has 0 heterocycles. The van der Waals surface area contributed by atoms with Crippen molar-refractivity contribution in [1.29, 1.82) is 0 Å². The maximum Gasteiger partial charge on any atom is 0.261 e.